The maximum Gasteiger partial charge on any atom is 0.0892 e. The van der Waals surface area contributed by atoms with Crippen LogP contribution in [0, 0.1) is 5.92 Å². The Morgan fingerprint density at radius 3 is 2.71 bits per heavy atom. The van der Waals surface area contributed by atoms with Gasteiger partial charge in [0.05, 0.1) is 5.76 Å². The number of nitrogens with two attached hydrogens (primary N) is 1. The van der Waals surface area contributed by atoms with Crippen molar-refractivity contribution in [2.45, 2.75) is 6.42 Å². The monoisotopic (exact) mass is 99.1 g/mol. The summed E-state index contributed by atoms with van der Waals surface area (Å²) in [4.78, 5) is 0. The topological polar surface area (TPSA) is 46.2 Å². The summed E-state index contributed by atoms with van der Waals surface area (Å²) in [6.07, 6.45) is 2.58. The molecule has 1 aliphatic carbocycles. The summed E-state index contributed by atoms with van der Waals surface area (Å²) >= 11 is 0. The summed E-state index contributed by atoms with van der Waals surface area (Å²) in [5.41, 5.74) is 5.24. The average molecular weight is 99.1 g/mol. The molecule has 0 saturated carbocycles. The van der Waals surface area contributed by atoms with Crippen LogP contribution in [0.25, 0.3) is 0 Å². The van der Waals surface area contributed by atoms with E-state index in [4.69, 9.17) is 10.8 Å². The molecule has 0 heterocycles. The summed E-state index contributed by atoms with van der Waals surface area (Å²) < 4.78 is 0. The lowest BCUT2D eigenvalue weighted by molar-refractivity contribution is 0.325. The largest absolute Gasteiger partial charge is 0.513 e. The van der Waals surface area contributed by atoms with E-state index in [1.54, 1.807) is 6.08 Å². The molecule has 0 aromatic carbocycles. The minimum atomic E-state index is 0.458. The van der Waals surface area contributed by atoms with Crippen LogP contribution in [-0.4, -0.2) is 11.7 Å². The van der Waals surface area contributed by atoms with Crippen molar-refractivity contribution in [2.24, 2.45) is 11.7 Å². The molecule has 7 heavy (non-hydrogen) atoms. The fourth-order valence-corrected chi connectivity index (χ4v) is 0.659. The molecule has 1 atom stereocenters. The quantitative estimate of drug-likeness (QED) is 0.500. The van der Waals surface area contributed by atoms with Crippen molar-refractivity contribution in [3.8, 4) is 0 Å². The van der Waals surface area contributed by atoms with Gasteiger partial charge < -0.3 is 10.8 Å². The number of hydrogen-bond acceptors (Lipinski definition) is 2. The Morgan fingerprint density at radius 2 is 2.57 bits per heavy atom. The van der Waals surface area contributed by atoms with Crippen LogP contribution < -0.4 is 5.73 Å². The van der Waals surface area contributed by atoms with E-state index in [2.05, 4.69) is 0 Å². The predicted octanol–water partition coefficient (Wildman–Crippen LogP) is 0.407. The summed E-state index contributed by atoms with van der Waals surface area (Å²) in [5, 5.41) is 8.56. The second kappa shape index (κ2) is 1.54. The van der Waals surface area contributed by atoms with Crippen LogP contribution >= 0.6 is 0 Å². The standard InChI is InChI=1S/C5H9NO/c6-3-4-1-5(7)2-4/h1,4,7H,2-3,6H2/t4-/m1/s1. The van der Waals surface area contributed by atoms with Gasteiger partial charge in [0.1, 0.15) is 0 Å². The first-order valence-electron chi connectivity index (χ1n) is 2.42. The van der Waals surface area contributed by atoms with Gasteiger partial charge >= 0.3 is 0 Å². The Kier molecular flexibility index (Phi) is 1.02. The van der Waals surface area contributed by atoms with Gasteiger partial charge in [-0.25, -0.2) is 0 Å². The van der Waals surface area contributed by atoms with Crippen LogP contribution in [0.1, 0.15) is 6.42 Å². The molecule has 0 saturated heterocycles. The highest BCUT2D eigenvalue weighted by molar-refractivity contribution is 5.08. The molecule has 0 spiro atoms. The minimum Gasteiger partial charge on any atom is -0.513 e. The molecule has 0 bridgehead atoms. The van der Waals surface area contributed by atoms with Crippen LogP contribution in [0.4, 0.5) is 0 Å². The first-order chi connectivity index (χ1) is 3.33. The van der Waals surface area contributed by atoms with E-state index in [0.29, 0.717) is 18.2 Å². The minimum absolute atomic E-state index is 0.458. The molecule has 2 nitrogen and oxygen atoms in total. The van der Waals surface area contributed by atoms with Crippen LogP contribution in [0.5, 0.6) is 0 Å². The van der Waals surface area contributed by atoms with Crippen LogP contribution in [0.3, 0.4) is 0 Å². The summed E-state index contributed by atoms with van der Waals surface area (Å²) in [6, 6.07) is 0. The highest BCUT2D eigenvalue weighted by Gasteiger charge is 2.15. The highest BCUT2D eigenvalue weighted by atomic mass is 16.3. The number of allylic oxidation sites excluding steroid dienone is 1. The van der Waals surface area contributed by atoms with E-state index in [1.165, 1.54) is 0 Å². The Hall–Kier alpha value is -0.500. The van der Waals surface area contributed by atoms with E-state index in [-0.39, 0.29) is 0 Å². The summed E-state index contributed by atoms with van der Waals surface area (Å²) in [6.45, 7) is 0.671. The lowest BCUT2D eigenvalue weighted by atomic mass is 9.94. The van der Waals surface area contributed by atoms with Gasteiger partial charge in [-0.2, -0.15) is 0 Å². The van der Waals surface area contributed by atoms with Crippen molar-refractivity contribution in [3.05, 3.63) is 11.8 Å². The molecule has 0 aromatic heterocycles. The fraction of sp³-hybridized carbons (Fsp3) is 0.600. The van der Waals surface area contributed by atoms with Crippen LogP contribution in [0.2, 0.25) is 0 Å². The SMILES string of the molecule is NC[C@@H]1C=C(O)C1. The van der Waals surface area contributed by atoms with Crippen molar-refractivity contribution < 1.29 is 5.11 Å². The molecule has 0 fully saturated rings. The molecule has 2 heteroatoms. The summed E-state index contributed by atoms with van der Waals surface area (Å²) in [7, 11) is 0. The third-order valence-corrected chi connectivity index (χ3v) is 1.20. The van der Waals surface area contributed by atoms with Crippen molar-refractivity contribution in [2.75, 3.05) is 6.54 Å². The molecule has 1 rings (SSSR count). The number of hydrogen-bond donors (Lipinski definition) is 2. The Labute approximate surface area is 42.6 Å². The summed E-state index contributed by atoms with van der Waals surface area (Å²) in [5.74, 6) is 0.954. The molecule has 40 valence electrons. The molecule has 0 radical (unpaired) electrons. The van der Waals surface area contributed by atoms with E-state index in [0.717, 1.165) is 6.42 Å². The first kappa shape index (κ1) is 4.65. The van der Waals surface area contributed by atoms with Gasteiger partial charge in [0.15, 0.2) is 0 Å². The Bertz CT molecular complexity index is 98.3. The maximum absolute atomic E-state index is 8.56. The highest BCUT2D eigenvalue weighted by Crippen LogP contribution is 2.21. The van der Waals surface area contributed by atoms with Gasteiger partial charge in [-0.3, -0.25) is 0 Å². The van der Waals surface area contributed by atoms with E-state index < -0.39 is 0 Å². The second-order valence-electron chi connectivity index (χ2n) is 1.86. The van der Waals surface area contributed by atoms with Gasteiger partial charge in [0.25, 0.3) is 0 Å². The van der Waals surface area contributed by atoms with E-state index in [9.17, 15) is 0 Å². The van der Waals surface area contributed by atoms with E-state index >= 15 is 0 Å². The Balaban J connectivity index is 2.31. The Morgan fingerprint density at radius 1 is 2.00 bits per heavy atom. The predicted molar refractivity (Wildman–Crippen MR) is 27.9 cm³/mol. The van der Waals surface area contributed by atoms with Crippen LogP contribution in [-0.2, 0) is 0 Å². The third-order valence-electron chi connectivity index (χ3n) is 1.20. The molecule has 0 amide bonds. The zero-order chi connectivity index (χ0) is 5.28. The normalized spacial score (nSPS) is 28.7. The number of aliphatic hydroxyl groups excluding tert-OH is 1. The zero-order valence-electron chi connectivity index (χ0n) is 4.09. The maximum atomic E-state index is 8.56. The third kappa shape index (κ3) is 0.747. The molecular formula is C5H9NO. The first-order valence-corrected chi connectivity index (χ1v) is 2.42. The lowest BCUT2D eigenvalue weighted by Crippen LogP contribution is -2.19. The van der Waals surface area contributed by atoms with Gasteiger partial charge in [-0.15, -0.1) is 0 Å². The smallest absolute Gasteiger partial charge is 0.0892 e. The molecular weight excluding hydrogens is 90.1 g/mol. The van der Waals surface area contributed by atoms with Crippen molar-refractivity contribution in [3.63, 3.8) is 0 Å². The van der Waals surface area contributed by atoms with Gasteiger partial charge in [-0.1, -0.05) is 0 Å². The zero-order valence-corrected chi connectivity index (χ0v) is 4.09. The number of aliphatic hydroxyl groups is 1. The molecule has 0 unspecified atom stereocenters. The van der Waals surface area contributed by atoms with Gasteiger partial charge in [-0.05, 0) is 18.5 Å². The van der Waals surface area contributed by atoms with Gasteiger partial charge in [0.2, 0.25) is 0 Å². The lowest BCUT2D eigenvalue weighted by Gasteiger charge is -2.18. The average Bonchev–Trinajstić information content (AvgIpc) is 1.58. The second-order valence-corrected chi connectivity index (χ2v) is 1.86. The van der Waals surface area contributed by atoms with Crippen molar-refractivity contribution in [1.82, 2.24) is 0 Å². The number of rotatable bonds is 1. The molecule has 0 aromatic rings. The fourth-order valence-electron chi connectivity index (χ4n) is 0.659. The van der Waals surface area contributed by atoms with Gasteiger partial charge in [0, 0.05) is 6.42 Å². The van der Waals surface area contributed by atoms with Crippen molar-refractivity contribution in [1.29, 1.82) is 0 Å². The molecule has 0 aliphatic heterocycles. The molecule has 1 aliphatic rings. The van der Waals surface area contributed by atoms with Crippen LogP contribution in [0.15, 0.2) is 11.8 Å². The van der Waals surface area contributed by atoms with E-state index in [1.807, 2.05) is 0 Å². The molecule has 3 N–H and O–H groups in total. The van der Waals surface area contributed by atoms with Crippen molar-refractivity contribution >= 4 is 0 Å².